The van der Waals surface area contributed by atoms with Crippen LogP contribution in [0.4, 0.5) is 11.6 Å². The van der Waals surface area contributed by atoms with E-state index in [1.807, 2.05) is 23.6 Å². The molecule has 5 rings (SSSR count). The highest BCUT2D eigenvalue weighted by Crippen LogP contribution is 2.31. The number of carbonyl (C=O) groups is 1. The number of rotatable bonds is 7. The van der Waals surface area contributed by atoms with Crippen LogP contribution < -0.4 is 15.0 Å². The number of hydrogen-bond donors (Lipinski definition) is 1. The fraction of sp³-hybridized carbons (Fsp3) is 0.333. The van der Waals surface area contributed by atoms with Crippen LogP contribution in [0.5, 0.6) is 5.75 Å². The molecule has 1 saturated heterocycles. The van der Waals surface area contributed by atoms with E-state index in [9.17, 15) is 4.79 Å². The second kappa shape index (κ2) is 9.63. The SMILES string of the molecule is COc1cncc(N(C)C(=O)C2OCCC2n2cnc3cnc(NCc4cc(C)ccn4)nc32)c1. The standard InChI is InChI=1S/C24H26N8O3/c1-15-4-6-26-16(8-15)10-27-24-28-13-19-22(30-24)32(14-29-19)20-5-7-35-21(20)23(33)31(2)17-9-18(34-3)12-25-11-17/h4,6,8-9,11-14,20-21H,5,7,10H2,1-3H3,(H,27,28,30). The molecule has 0 saturated carbocycles. The molecule has 0 aliphatic carbocycles. The number of hydrogen-bond acceptors (Lipinski definition) is 9. The third-order valence-electron chi connectivity index (χ3n) is 6.03. The molecule has 1 amide bonds. The first-order chi connectivity index (χ1) is 17.0. The van der Waals surface area contributed by atoms with Crippen molar-refractivity contribution in [3.8, 4) is 5.75 Å². The molecule has 180 valence electrons. The number of likely N-dealkylation sites (N-methyl/N-ethyl adjacent to an activating group) is 1. The first-order valence-corrected chi connectivity index (χ1v) is 11.3. The van der Waals surface area contributed by atoms with Crippen LogP contribution >= 0.6 is 0 Å². The topological polar surface area (TPSA) is 120 Å². The van der Waals surface area contributed by atoms with Crippen molar-refractivity contribution in [3.05, 3.63) is 60.6 Å². The maximum absolute atomic E-state index is 13.4. The predicted octanol–water partition coefficient (Wildman–Crippen LogP) is 2.54. The number of ether oxygens (including phenoxy) is 2. The molecule has 1 aliphatic rings. The van der Waals surface area contributed by atoms with Crippen LogP contribution in [0.15, 0.2) is 49.3 Å². The Kier molecular flexibility index (Phi) is 6.23. The number of aryl methyl sites for hydroxylation is 1. The summed E-state index contributed by atoms with van der Waals surface area (Å²) in [5.74, 6) is 0.857. The summed E-state index contributed by atoms with van der Waals surface area (Å²) in [5.41, 5.74) is 3.94. The van der Waals surface area contributed by atoms with Crippen LogP contribution in [0.3, 0.4) is 0 Å². The number of fused-ring (bicyclic) bond motifs is 1. The number of nitrogens with one attached hydrogen (secondary N) is 1. The fourth-order valence-corrected chi connectivity index (χ4v) is 4.14. The van der Waals surface area contributed by atoms with Gasteiger partial charge in [0, 0.05) is 25.9 Å². The van der Waals surface area contributed by atoms with Gasteiger partial charge in [0.15, 0.2) is 11.8 Å². The van der Waals surface area contributed by atoms with Gasteiger partial charge in [-0.3, -0.25) is 14.8 Å². The zero-order valence-corrected chi connectivity index (χ0v) is 19.8. The van der Waals surface area contributed by atoms with E-state index in [4.69, 9.17) is 9.47 Å². The third kappa shape index (κ3) is 4.62. The van der Waals surface area contributed by atoms with E-state index in [-0.39, 0.29) is 11.9 Å². The largest absolute Gasteiger partial charge is 0.495 e. The van der Waals surface area contributed by atoms with Crippen molar-refractivity contribution in [2.75, 3.05) is 31.0 Å². The monoisotopic (exact) mass is 474 g/mol. The number of carbonyl (C=O) groups excluding carboxylic acids is 1. The lowest BCUT2D eigenvalue weighted by molar-refractivity contribution is -0.128. The minimum Gasteiger partial charge on any atom is -0.495 e. The molecule has 35 heavy (non-hydrogen) atoms. The summed E-state index contributed by atoms with van der Waals surface area (Å²) in [4.78, 5) is 36.9. The van der Waals surface area contributed by atoms with Gasteiger partial charge in [-0.1, -0.05) is 0 Å². The van der Waals surface area contributed by atoms with Crippen LogP contribution in [0.2, 0.25) is 0 Å². The van der Waals surface area contributed by atoms with Gasteiger partial charge in [-0.05, 0) is 31.0 Å². The average molecular weight is 475 g/mol. The quantitative estimate of drug-likeness (QED) is 0.431. The van der Waals surface area contributed by atoms with Crippen molar-refractivity contribution in [1.82, 2.24) is 29.5 Å². The van der Waals surface area contributed by atoms with Crippen LogP contribution in [0.1, 0.15) is 23.7 Å². The van der Waals surface area contributed by atoms with Crippen LogP contribution in [-0.4, -0.2) is 62.3 Å². The second-order valence-electron chi connectivity index (χ2n) is 8.36. The molecule has 11 heteroatoms. The van der Waals surface area contributed by atoms with E-state index < -0.39 is 6.10 Å². The summed E-state index contributed by atoms with van der Waals surface area (Å²) in [6, 6.07) is 5.47. The van der Waals surface area contributed by atoms with Crippen molar-refractivity contribution in [1.29, 1.82) is 0 Å². The van der Waals surface area contributed by atoms with Crippen molar-refractivity contribution in [3.63, 3.8) is 0 Å². The minimum atomic E-state index is -0.688. The first-order valence-electron chi connectivity index (χ1n) is 11.3. The van der Waals surface area contributed by atoms with Gasteiger partial charge in [0.25, 0.3) is 5.91 Å². The second-order valence-corrected chi connectivity index (χ2v) is 8.36. The first kappa shape index (κ1) is 22.7. The van der Waals surface area contributed by atoms with Gasteiger partial charge in [-0.15, -0.1) is 0 Å². The van der Waals surface area contributed by atoms with E-state index in [0.29, 0.717) is 48.1 Å². The maximum atomic E-state index is 13.4. The van der Waals surface area contributed by atoms with Crippen molar-refractivity contribution in [2.45, 2.75) is 32.0 Å². The fourth-order valence-electron chi connectivity index (χ4n) is 4.14. The lowest BCUT2D eigenvalue weighted by Crippen LogP contribution is -2.40. The van der Waals surface area contributed by atoms with Crippen molar-refractivity contribution >= 4 is 28.7 Å². The highest BCUT2D eigenvalue weighted by Gasteiger charge is 2.38. The Bertz CT molecular complexity index is 1360. The molecular weight excluding hydrogens is 448 g/mol. The molecule has 4 aromatic rings. The molecule has 5 heterocycles. The molecule has 0 aromatic carbocycles. The zero-order valence-electron chi connectivity index (χ0n) is 19.8. The van der Waals surface area contributed by atoms with Gasteiger partial charge in [-0.25, -0.2) is 9.97 Å². The summed E-state index contributed by atoms with van der Waals surface area (Å²) < 4.78 is 13.0. The number of amides is 1. The smallest absolute Gasteiger partial charge is 0.258 e. The molecule has 1 fully saturated rings. The summed E-state index contributed by atoms with van der Waals surface area (Å²) in [6.07, 6.45) is 8.32. The van der Waals surface area contributed by atoms with Crippen molar-refractivity contribution in [2.24, 2.45) is 0 Å². The summed E-state index contributed by atoms with van der Waals surface area (Å²) in [7, 11) is 3.26. The average Bonchev–Trinajstić information content (AvgIpc) is 3.53. The Balaban J connectivity index is 1.37. The molecule has 11 nitrogen and oxygen atoms in total. The number of pyridine rings is 2. The van der Waals surface area contributed by atoms with Gasteiger partial charge in [0.1, 0.15) is 11.3 Å². The molecule has 0 spiro atoms. The van der Waals surface area contributed by atoms with E-state index in [1.165, 1.54) is 4.90 Å². The highest BCUT2D eigenvalue weighted by molar-refractivity contribution is 5.96. The number of methoxy groups -OCH3 is 1. The number of anilines is 2. The van der Waals surface area contributed by atoms with Crippen LogP contribution in [0.25, 0.3) is 11.2 Å². The van der Waals surface area contributed by atoms with Gasteiger partial charge < -0.3 is 24.3 Å². The maximum Gasteiger partial charge on any atom is 0.258 e. The van der Waals surface area contributed by atoms with E-state index in [2.05, 4.69) is 30.2 Å². The van der Waals surface area contributed by atoms with Crippen molar-refractivity contribution < 1.29 is 14.3 Å². The Morgan fingerprint density at radius 3 is 2.97 bits per heavy atom. The lowest BCUT2D eigenvalue weighted by atomic mass is 10.1. The predicted molar refractivity (Wildman–Crippen MR) is 129 cm³/mol. The Labute approximate surface area is 202 Å². The van der Waals surface area contributed by atoms with E-state index in [1.54, 1.807) is 51.3 Å². The number of imidazole rings is 1. The molecule has 0 bridgehead atoms. The highest BCUT2D eigenvalue weighted by atomic mass is 16.5. The molecule has 4 aromatic heterocycles. The zero-order chi connectivity index (χ0) is 24.4. The molecular formula is C24H26N8O3. The van der Waals surface area contributed by atoms with Crippen LogP contribution in [0, 0.1) is 6.92 Å². The van der Waals surface area contributed by atoms with Gasteiger partial charge in [-0.2, -0.15) is 4.98 Å². The van der Waals surface area contributed by atoms with Gasteiger partial charge in [0.2, 0.25) is 5.95 Å². The molecule has 1 N–H and O–H groups in total. The Hall–Kier alpha value is -4.12. The van der Waals surface area contributed by atoms with Gasteiger partial charge >= 0.3 is 0 Å². The minimum absolute atomic E-state index is 0.178. The van der Waals surface area contributed by atoms with Gasteiger partial charge in [0.05, 0.1) is 56.0 Å². The third-order valence-corrected chi connectivity index (χ3v) is 6.03. The van der Waals surface area contributed by atoms with E-state index >= 15 is 0 Å². The van der Waals surface area contributed by atoms with E-state index in [0.717, 1.165) is 11.3 Å². The number of nitrogens with zero attached hydrogens (tertiary/aromatic N) is 7. The molecule has 1 aliphatic heterocycles. The Morgan fingerprint density at radius 1 is 1.26 bits per heavy atom. The number of aromatic nitrogens is 6. The normalized spacial score (nSPS) is 17.5. The molecule has 2 atom stereocenters. The molecule has 0 radical (unpaired) electrons. The Morgan fingerprint density at radius 2 is 2.14 bits per heavy atom. The summed E-state index contributed by atoms with van der Waals surface area (Å²) in [6.45, 7) is 2.98. The lowest BCUT2D eigenvalue weighted by Gasteiger charge is -2.25. The summed E-state index contributed by atoms with van der Waals surface area (Å²) >= 11 is 0. The summed E-state index contributed by atoms with van der Waals surface area (Å²) in [5, 5.41) is 3.22. The molecule has 2 unspecified atom stereocenters. The van der Waals surface area contributed by atoms with Crippen LogP contribution in [-0.2, 0) is 16.1 Å².